The molecule has 1 unspecified atom stereocenters. The summed E-state index contributed by atoms with van der Waals surface area (Å²) in [6, 6.07) is 31.8. The largest absolute Gasteiger partial charge is 0.494 e. The van der Waals surface area contributed by atoms with E-state index < -0.39 is 22.0 Å². The molecule has 1 N–H and O–H groups in total. The van der Waals surface area contributed by atoms with Crippen molar-refractivity contribution in [3.8, 4) is 22.6 Å². The summed E-state index contributed by atoms with van der Waals surface area (Å²) in [5.74, 6) is 0.163. The highest BCUT2D eigenvalue weighted by atomic mass is 32.2. The van der Waals surface area contributed by atoms with Crippen molar-refractivity contribution >= 4 is 27.7 Å². The fourth-order valence-electron chi connectivity index (χ4n) is 5.97. The molecule has 0 aliphatic heterocycles. The van der Waals surface area contributed by atoms with Crippen molar-refractivity contribution in [1.29, 1.82) is 0 Å². The fourth-order valence-corrected chi connectivity index (χ4v) is 8.26. The van der Waals surface area contributed by atoms with Crippen LogP contribution < -0.4 is 8.92 Å². The Morgan fingerprint density at radius 1 is 0.736 bits per heavy atom. The van der Waals surface area contributed by atoms with E-state index in [9.17, 15) is 18.3 Å². The van der Waals surface area contributed by atoms with Gasteiger partial charge in [-0.25, -0.2) is 4.39 Å². The number of Topliss-reactive ketones (excluding diaryl/α,β-unsaturated/α-hetero) is 1. The molecule has 0 saturated heterocycles. The number of ketones is 1. The summed E-state index contributed by atoms with van der Waals surface area (Å²) in [5.41, 5.74) is 1.66. The van der Waals surface area contributed by atoms with Crippen molar-refractivity contribution in [3.05, 3.63) is 138 Å². The van der Waals surface area contributed by atoms with Gasteiger partial charge in [-0.15, -0.1) is 0 Å². The van der Waals surface area contributed by atoms with E-state index in [0.29, 0.717) is 40.2 Å². The molecule has 0 fully saturated rings. The first kappa shape index (κ1) is 39.8. The number of rotatable bonds is 20. The molecule has 0 amide bonds. The zero-order valence-electron chi connectivity index (χ0n) is 30.3. The second-order valence-electron chi connectivity index (χ2n) is 13.0. The van der Waals surface area contributed by atoms with Crippen molar-refractivity contribution < 1.29 is 31.6 Å². The monoisotopic (exact) mass is 754 g/mol. The third-order valence-electron chi connectivity index (χ3n) is 8.92. The van der Waals surface area contributed by atoms with Crippen LogP contribution in [0, 0.1) is 5.82 Å². The predicted octanol–water partition coefficient (Wildman–Crippen LogP) is 11.6. The van der Waals surface area contributed by atoms with Crippen molar-refractivity contribution in [1.82, 2.24) is 0 Å². The number of aliphatic hydroxyl groups excluding tert-OH is 1. The topological polar surface area (TPSA) is 89.9 Å². The summed E-state index contributed by atoms with van der Waals surface area (Å²) >= 11 is 1.27. The van der Waals surface area contributed by atoms with Crippen molar-refractivity contribution in [3.63, 3.8) is 0 Å². The summed E-state index contributed by atoms with van der Waals surface area (Å²) in [6.45, 7) is 4.88. The van der Waals surface area contributed by atoms with Gasteiger partial charge >= 0.3 is 10.1 Å². The van der Waals surface area contributed by atoms with Gasteiger partial charge in [0.05, 0.1) is 6.61 Å². The Labute approximate surface area is 317 Å². The first-order valence-corrected chi connectivity index (χ1v) is 20.6. The summed E-state index contributed by atoms with van der Waals surface area (Å²) < 4.78 is 54.6. The second-order valence-corrected chi connectivity index (χ2v) is 15.6. The number of ether oxygens (including phenoxy) is 1. The van der Waals surface area contributed by atoms with Gasteiger partial charge in [0, 0.05) is 27.3 Å². The molecule has 0 heterocycles. The second kappa shape index (κ2) is 19.6. The molecule has 53 heavy (non-hydrogen) atoms. The van der Waals surface area contributed by atoms with Crippen LogP contribution in [-0.2, 0) is 10.1 Å². The normalized spacial score (nSPS) is 12.0. The van der Waals surface area contributed by atoms with E-state index in [-0.39, 0.29) is 22.0 Å². The number of benzene rings is 5. The Morgan fingerprint density at radius 2 is 1.43 bits per heavy atom. The molecular formula is C44H47FO6S2. The average Bonchev–Trinajstić information content (AvgIpc) is 3.17. The number of aliphatic hydroxyl groups is 1. The lowest BCUT2D eigenvalue weighted by molar-refractivity contribution is 0.0978. The molecular weight excluding hydrogens is 708 g/mol. The number of halogens is 1. The lowest BCUT2D eigenvalue weighted by atomic mass is 9.91. The quantitative estimate of drug-likeness (QED) is 0.0480. The summed E-state index contributed by atoms with van der Waals surface area (Å²) in [4.78, 5) is 14.2. The maximum absolute atomic E-state index is 15.3. The summed E-state index contributed by atoms with van der Waals surface area (Å²) in [5, 5.41) is 11.7. The molecule has 0 spiro atoms. The maximum Gasteiger partial charge on any atom is 0.340 e. The zero-order chi connectivity index (χ0) is 37.6. The van der Waals surface area contributed by atoms with Crippen molar-refractivity contribution in [2.45, 2.75) is 92.4 Å². The maximum atomic E-state index is 15.3. The molecule has 278 valence electrons. The van der Waals surface area contributed by atoms with E-state index in [4.69, 9.17) is 8.92 Å². The Bertz CT molecular complexity index is 2050. The van der Waals surface area contributed by atoms with Crippen LogP contribution in [0.4, 0.5) is 4.39 Å². The predicted molar refractivity (Wildman–Crippen MR) is 210 cm³/mol. The van der Waals surface area contributed by atoms with Crippen LogP contribution in [0.25, 0.3) is 11.1 Å². The molecule has 0 aliphatic rings. The highest BCUT2D eigenvalue weighted by Gasteiger charge is 2.25. The number of unbranched alkanes of at least 4 members (excludes halogenated alkanes) is 6. The van der Waals surface area contributed by atoms with Crippen LogP contribution in [-0.4, -0.2) is 25.9 Å². The van der Waals surface area contributed by atoms with Crippen molar-refractivity contribution in [2.24, 2.45) is 0 Å². The Morgan fingerprint density at radius 3 is 2.19 bits per heavy atom. The highest BCUT2D eigenvalue weighted by molar-refractivity contribution is 8.00. The molecule has 9 heteroatoms. The molecule has 0 radical (unpaired) electrons. The molecule has 0 saturated carbocycles. The van der Waals surface area contributed by atoms with Crippen LogP contribution in [0.15, 0.2) is 130 Å². The smallest absolute Gasteiger partial charge is 0.340 e. The standard InChI is InChI=1S/C44H47FO6S2/c1-3-5-7-8-9-13-20-41(46)33-21-27-40(45)39(30-33)44(47)38-19-15-14-18-37(38)32-22-28-42(52-36-25-23-34(24-26-36)50-29-6-4-2)43(31-32)53(48,49)51-35-16-11-10-12-17-35/h10-12,14-19,21-28,30-31,44,47H,3-9,13,20,29H2,1-2H3. The molecule has 1 atom stereocenters. The summed E-state index contributed by atoms with van der Waals surface area (Å²) in [7, 11) is -4.34. The van der Waals surface area contributed by atoms with Crippen LogP contribution in [0.5, 0.6) is 11.5 Å². The Balaban J connectivity index is 1.46. The van der Waals surface area contributed by atoms with E-state index in [0.717, 1.165) is 55.6 Å². The van der Waals surface area contributed by atoms with E-state index in [1.807, 2.05) is 24.3 Å². The lowest BCUT2D eigenvalue weighted by Crippen LogP contribution is -2.11. The van der Waals surface area contributed by atoms with Gasteiger partial charge in [-0.2, -0.15) is 8.42 Å². The molecule has 0 aliphatic carbocycles. The number of carbonyl (C=O) groups is 1. The lowest BCUT2D eigenvalue weighted by Gasteiger charge is -2.19. The SMILES string of the molecule is CCCCCCCCC(=O)c1ccc(F)c(C(O)c2ccccc2-c2ccc(Sc3ccc(OCCCC)cc3)c(S(=O)(=O)Oc3ccccc3)c2)c1. The number of hydrogen-bond donors (Lipinski definition) is 1. The zero-order valence-corrected chi connectivity index (χ0v) is 31.9. The fraction of sp³-hybridized carbons (Fsp3) is 0.295. The third-order valence-corrected chi connectivity index (χ3v) is 11.4. The average molecular weight is 755 g/mol. The molecule has 5 aromatic carbocycles. The first-order valence-electron chi connectivity index (χ1n) is 18.3. The number of para-hydroxylation sites is 1. The van der Waals surface area contributed by atoms with Gasteiger partial charge in [-0.3, -0.25) is 4.79 Å². The van der Waals surface area contributed by atoms with E-state index in [2.05, 4.69) is 13.8 Å². The van der Waals surface area contributed by atoms with Gasteiger partial charge < -0.3 is 14.0 Å². The minimum Gasteiger partial charge on any atom is -0.494 e. The van der Waals surface area contributed by atoms with Gasteiger partial charge in [0.25, 0.3) is 0 Å². The summed E-state index contributed by atoms with van der Waals surface area (Å²) in [6.07, 6.45) is 7.18. The highest BCUT2D eigenvalue weighted by Crippen LogP contribution is 2.40. The van der Waals surface area contributed by atoms with Gasteiger partial charge in [-0.05, 0) is 96.3 Å². The van der Waals surface area contributed by atoms with Crippen LogP contribution in [0.3, 0.4) is 0 Å². The first-order chi connectivity index (χ1) is 25.7. The van der Waals surface area contributed by atoms with Crippen LogP contribution in [0.1, 0.15) is 99.2 Å². The van der Waals surface area contributed by atoms with Crippen molar-refractivity contribution in [2.75, 3.05) is 6.61 Å². The number of carbonyl (C=O) groups excluding carboxylic acids is 1. The van der Waals surface area contributed by atoms with E-state index >= 15 is 4.39 Å². The molecule has 5 aromatic rings. The van der Waals surface area contributed by atoms with E-state index in [1.54, 1.807) is 66.7 Å². The van der Waals surface area contributed by atoms with Crippen LogP contribution in [0.2, 0.25) is 0 Å². The van der Waals surface area contributed by atoms with Crippen LogP contribution >= 0.6 is 11.8 Å². The Kier molecular flexibility index (Phi) is 14.7. The van der Waals surface area contributed by atoms with Gasteiger partial charge in [-0.1, -0.05) is 113 Å². The van der Waals surface area contributed by atoms with E-state index in [1.165, 1.54) is 42.4 Å². The molecule has 6 nitrogen and oxygen atoms in total. The molecule has 0 aromatic heterocycles. The van der Waals surface area contributed by atoms with Gasteiger partial charge in [0.2, 0.25) is 0 Å². The Hall–Kier alpha value is -4.44. The van der Waals surface area contributed by atoms with Gasteiger partial charge in [0.15, 0.2) is 5.78 Å². The number of hydrogen-bond acceptors (Lipinski definition) is 7. The molecule has 0 bridgehead atoms. The minimum atomic E-state index is -4.34. The minimum absolute atomic E-state index is 0.0270. The molecule has 5 rings (SSSR count). The van der Waals surface area contributed by atoms with Gasteiger partial charge in [0.1, 0.15) is 28.3 Å². The third kappa shape index (κ3) is 11.0.